The van der Waals surface area contributed by atoms with Gasteiger partial charge in [-0.1, -0.05) is 0 Å². The van der Waals surface area contributed by atoms with E-state index >= 15 is 0 Å². The molecular formula is C9H21O12P. The van der Waals surface area contributed by atoms with Crippen molar-refractivity contribution in [3.05, 3.63) is 0 Å². The number of hydrogen-bond donors (Lipinski definition) is 9. The highest BCUT2D eigenvalue weighted by Crippen LogP contribution is 1.77. The second-order valence-electron chi connectivity index (χ2n) is 3.11. The zero-order valence-electron chi connectivity index (χ0n) is 11.3. The number of aliphatic hydroxyl groups excluding tert-OH is 6. The van der Waals surface area contributed by atoms with Crippen molar-refractivity contribution >= 4 is 27.8 Å². The minimum atomic E-state index is -1.63. The van der Waals surface area contributed by atoms with Crippen LogP contribution in [0.5, 0.6) is 0 Å². The van der Waals surface area contributed by atoms with E-state index in [2.05, 4.69) is 0 Å². The summed E-state index contributed by atoms with van der Waals surface area (Å²) in [5.41, 5.74) is 0. The van der Waals surface area contributed by atoms with Crippen molar-refractivity contribution in [2.24, 2.45) is 0 Å². The van der Waals surface area contributed by atoms with E-state index in [1.807, 2.05) is 0 Å². The molecule has 4 atom stereocenters. The van der Waals surface area contributed by atoms with Crippen LogP contribution in [0.3, 0.4) is 0 Å². The van der Waals surface area contributed by atoms with Gasteiger partial charge in [-0.2, -0.15) is 9.90 Å². The zero-order chi connectivity index (χ0) is 17.6. The van der Waals surface area contributed by atoms with E-state index in [1.54, 1.807) is 0 Å². The number of rotatable bonds is 6. The fraction of sp³-hybridized carbons (Fsp3) is 0.667. The Bertz CT molecular complexity index is 261. The molecule has 0 aromatic carbocycles. The van der Waals surface area contributed by atoms with Crippen LogP contribution >= 0.6 is 9.90 Å². The van der Waals surface area contributed by atoms with Crippen LogP contribution in [0.1, 0.15) is 0 Å². The van der Waals surface area contributed by atoms with Gasteiger partial charge >= 0.3 is 17.9 Å². The van der Waals surface area contributed by atoms with Gasteiger partial charge in [-0.15, -0.1) is 0 Å². The van der Waals surface area contributed by atoms with Crippen LogP contribution in [-0.2, 0) is 14.4 Å². The first-order valence-electron chi connectivity index (χ1n) is 5.10. The molecular weight excluding hydrogens is 331 g/mol. The van der Waals surface area contributed by atoms with E-state index < -0.39 is 56.0 Å². The highest BCUT2D eigenvalue weighted by Gasteiger charge is 2.10. The van der Waals surface area contributed by atoms with E-state index in [9.17, 15) is 14.4 Å². The van der Waals surface area contributed by atoms with Crippen LogP contribution < -0.4 is 0 Å². The monoisotopic (exact) mass is 352 g/mol. The van der Waals surface area contributed by atoms with Gasteiger partial charge in [0.15, 0.2) is 18.3 Å². The summed E-state index contributed by atoms with van der Waals surface area (Å²) < 4.78 is 0. The Balaban J connectivity index is -0.000000108. The van der Waals surface area contributed by atoms with Crippen molar-refractivity contribution in [2.75, 3.05) is 19.8 Å². The molecule has 13 heteroatoms. The summed E-state index contributed by atoms with van der Waals surface area (Å²) in [4.78, 5) is 28.6. The van der Waals surface area contributed by atoms with Gasteiger partial charge in [-0.3, -0.25) is 0 Å². The number of hydrogen-bond acceptors (Lipinski definition) is 9. The highest BCUT2D eigenvalue weighted by molar-refractivity contribution is 6.92. The maximum Gasteiger partial charge on any atom is 0.334 e. The summed E-state index contributed by atoms with van der Waals surface area (Å²) in [5.74, 6) is -4.20. The number of carboxylic acids is 3. The fourth-order valence-electron chi connectivity index (χ4n) is 0.234. The van der Waals surface area contributed by atoms with E-state index in [0.717, 1.165) is 0 Å². The first-order chi connectivity index (χ1) is 9.54. The van der Waals surface area contributed by atoms with Crippen LogP contribution in [-0.4, -0.2) is 102 Å². The first kappa shape index (κ1) is 28.7. The Kier molecular flexibility index (Phi) is 23.0. The second kappa shape index (κ2) is 17.7. The zero-order valence-corrected chi connectivity index (χ0v) is 12.7. The van der Waals surface area contributed by atoms with E-state index in [-0.39, 0.29) is 9.90 Å². The van der Waals surface area contributed by atoms with Gasteiger partial charge in [0.2, 0.25) is 0 Å². The molecule has 0 bridgehead atoms. The molecule has 0 aromatic heterocycles. The molecule has 4 unspecified atom stereocenters. The Morgan fingerprint density at radius 2 is 0.727 bits per heavy atom. The molecule has 0 aliphatic heterocycles. The van der Waals surface area contributed by atoms with Crippen molar-refractivity contribution in [1.82, 2.24) is 0 Å². The van der Waals surface area contributed by atoms with Gasteiger partial charge in [-0.05, 0) is 0 Å². The summed E-state index contributed by atoms with van der Waals surface area (Å²) >= 11 is 0. The van der Waals surface area contributed by atoms with Crippen molar-refractivity contribution < 1.29 is 60.3 Å². The molecule has 0 heterocycles. The SMILES string of the molecule is O=C(O)C(O)CO.O=C(O)C(O)CO.O=C(O)C(O)CO.P. The minimum absolute atomic E-state index is 0. The normalized spacial score (nSPS) is 12.8. The van der Waals surface area contributed by atoms with Crippen LogP contribution in [0.15, 0.2) is 0 Å². The molecule has 134 valence electrons. The number of aliphatic hydroxyl groups is 6. The van der Waals surface area contributed by atoms with E-state index in [1.165, 1.54) is 0 Å². The Labute approximate surface area is 127 Å². The maximum absolute atomic E-state index is 9.52. The van der Waals surface area contributed by atoms with Crippen LogP contribution in [0.2, 0.25) is 0 Å². The maximum atomic E-state index is 9.52. The minimum Gasteiger partial charge on any atom is -0.479 e. The first-order valence-corrected chi connectivity index (χ1v) is 5.10. The van der Waals surface area contributed by atoms with Gasteiger partial charge < -0.3 is 46.0 Å². The van der Waals surface area contributed by atoms with Crippen LogP contribution in [0, 0.1) is 0 Å². The quantitative estimate of drug-likeness (QED) is 0.205. The number of aliphatic carboxylic acids is 3. The lowest BCUT2D eigenvalue weighted by molar-refractivity contribution is -0.149. The molecule has 0 spiro atoms. The van der Waals surface area contributed by atoms with Gasteiger partial charge in [0.05, 0.1) is 19.8 Å². The molecule has 12 nitrogen and oxygen atoms in total. The molecule has 0 fully saturated rings. The van der Waals surface area contributed by atoms with Gasteiger partial charge in [-0.25, -0.2) is 14.4 Å². The highest BCUT2D eigenvalue weighted by atomic mass is 31.0. The van der Waals surface area contributed by atoms with Crippen LogP contribution in [0.4, 0.5) is 0 Å². The smallest absolute Gasteiger partial charge is 0.334 e. The summed E-state index contributed by atoms with van der Waals surface area (Å²) in [7, 11) is 0. The molecule has 0 saturated carbocycles. The lowest BCUT2D eigenvalue weighted by atomic mass is 10.4. The average molecular weight is 352 g/mol. The fourth-order valence-corrected chi connectivity index (χ4v) is 0.234. The molecule has 0 saturated heterocycles. The van der Waals surface area contributed by atoms with Crippen molar-refractivity contribution in [3.8, 4) is 0 Å². The van der Waals surface area contributed by atoms with Crippen molar-refractivity contribution in [3.63, 3.8) is 0 Å². The molecule has 0 aliphatic rings. The standard InChI is InChI=1S/3C3H6O4.H3P/c3*4-1-2(5)3(6)7;/h3*2,4-5H,1H2,(H,6,7);1H3. The van der Waals surface area contributed by atoms with Gasteiger partial charge in [0, 0.05) is 0 Å². The molecule has 0 amide bonds. The summed E-state index contributed by atoms with van der Waals surface area (Å²) in [6.07, 6.45) is -4.88. The average Bonchev–Trinajstić information content (AvgIpc) is 2.45. The third kappa shape index (κ3) is 20.9. The largest absolute Gasteiger partial charge is 0.479 e. The Hall–Kier alpha value is -1.40. The molecule has 0 radical (unpaired) electrons. The van der Waals surface area contributed by atoms with Crippen molar-refractivity contribution in [2.45, 2.75) is 18.3 Å². The van der Waals surface area contributed by atoms with Crippen LogP contribution in [0.25, 0.3) is 0 Å². The lowest BCUT2D eigenvalue weighted by Gasteiger charge is -1.95. The Morgan fingerprint density at radius 3 is 0.727 bits per heavy atom. The second-order valence-corrected chi connectivity index (χ2v) is 3.11. The molecule has 0 rings (SSSR count). The topological polar surface area (TPSA) is 233 Å². The Morgan fingerprint density at radius 1 is 0.591 bits per heavy atom. The number of carbonyl (C=O) groups is 3. The number of carboxylic acid groups (broad SMARTS) is 3. The van der Waals surface area contributed by atoms with Crippen molar-refractivity contribution in [1.29, 1.82) is 0 Å². The molecule has 22 heavy (non-hydrogen) atoms. The summed E-state index contributed by atoms with van der Waals surface area (Å²) in [5, 5.41) is 71.2. The molecule has 0 aromatic rings. The molecule has 0 aliphatic carbocycles. The van der Waals surface area contributed by atoms with E-state index in [4.69, 9.17) is 46.0 Å². The predicted octanol–water partition coefficient (Wildman–Crippen LogP) is -4.67. The van der Waals surface area contributed by atoms with E-state index in [0.29, 0.717) is 0 Å². The molecule has 9 N–H and O–H groups in total. The summed E-state index contributed by atoms with van der Waals surface area (Å²) in [6, 6.07) is 0. The predicted molar refractivity (Wildman–Crippen MR) is 73.3 cm³/mol. The third-order valence-corrected chi connectivity index (χ3v) is 1.37. The lowest BCUT2D eigenvalue weighted by Crippen LogP contribution is -2.22. The van der Waals surface area contributed by atoms with Gasteiger partial charge in [0.1, 0.15) is 0 Å². The third-order valence-electron chi connectivity index (χ3n) is 1.37. The summed E-state index contributed by atoms with van der Waals surface area (Å²) in [6.45, 7) is -2.18. The van der Waals surface area contributed by atoms with Gasteiger partial charge in [0.25, 0.3) is 0 Å².